The van der Waals surface area contributed by atoms with Gasteiger partial charge in [-0.05, 0) is 62.7 Å². The van der Waals surface area contributed by atoms with Crippen LogP contribution in [0.4, 0.5) is 14.9 Å². The Bertz CT molecular complexity index is 1230. The Labute approximate surface area is 183 Å². The Balaban J connectivity index is 1.04. The van der Waals surface area contributed by atoms with Crippen molar-refractivity contribution in [1.29, 1.82) is 0 Å². The van der Waals surface area contributed by atoms with Crippen LogP contribution in [-0.4, -0.2) is 52.6 Å². The Morgan fingerprint density at radius 3 is 3.00 bits per heavy atom. The SMILES string of the molecule is O=C(Nc1ccc2[nH]ncc2c1)OCCCN1CCC(c2noc3cc(F)ccc23)CC1. The van der Waals surface area contributed by atoms with Crippen LogP contribution in [0.1, 0.15) is 30.9 Å². The van der Waals surface area contributed by atoms with Crippen LogP contribution in [0, 0.1) is 5.82 Å². The molecule has 8 nitrogen and oxygen atoms in total. The van der Waals surface area contributed by atoms with E-state index in [1.54, 1.807) is 18.3 Å². The van der Waals surface area contributed by atoms with E-state index >= 15 is 0 Å². The lowest BCUT2D eigenvalue weighted by Crippen LogP contribution is -2.34. The Morgan fingerprint density at radius 1 is 1.25 bits per heavy atom. The number of aromatic nitrogens is 3. The minimum atomic E-state index is -0.457. The zero-order valence-electron chi connectivity index (χ0n) is 17.5. The van der Waals surface area contributed by atoms with Crippen LogP contribution in [-0.2, 0) is 4.74 Å². The minimum Gasteiger partial charge on any atom is -0.449 e. The molecule has 0 bridgehead atoms. The Kier molecular flexibility index (Phi) is 5.72. The van der Waals surface area contributed by atoms with Gasteiger partial charge in [0.25, 0.3) is 0 Å². The summed E-state index contributed by atoms with van der Waals surface area (Å²) in [6.45, 7) is 3.11. The molecular formula is C23H24FN5O3. The predicted molar refractivity (Wildman–Crippen MR) is 118 cm³/mol. The van der Waals surface area contributed by atoms with Gasteiger partial charge >= 0.3 is 6.09 Å². The third-order valence-electron chi connectivity index (χ3n) is 5.97. The van der Waals surface area contributed by atoms with Crippen LogP contribution in [0.3, 0.4) is 0 Å². The minimum absolute atomic E-state index is 0.313. The highest BCUT2D eigenvalue weighted by molar-refractivity contribution is 5.89. The third kappa shape index (κ3) is 4.43. The Morgan fingerprint density at radius 2 is 2.12 bits per heavy atom. The topological polar surface area (TPSA) is 96.3 Å². The van der Waals surface area contributed by atoms with Gasteiger partial charge in [-0.2, -0.15) is 5.10 Å². The Hall–Kier alpha value is -3.46. The maximum atomic E-state index is 13.4. The summed E-state index contributed by atoms with van der Waals surface area (Å²) in [6.07, 6.45) is 3.96. The molecule has 1 aliphatic heterocycles. The van der Waals surface area contributed by atoms with Crippen molar-refractivity contribution in [2.24, 2.45) is 0 Å². The fraction of sp³-hybridized carbons (Fsp3) is 0.348. The molecule has 1 amide bonds. The highest BCUT2D eigenvalue weighted by atomic mass is 19.1. The lowest BCUT2D eigenvalue weighted by molar-refractivity contribution is 0.145. The molecule has 0 radical (unpaired) electrons. The van der Waals surface area contributed by atoms with E-state index < -0.39 is 6.09 Å². The predicted octanol–water partition coefficient (Wildman–Crippen LogP) is 4.66. The summed E-state index contributed by atoms with van der Waals surface area (Å²) in [5.41, 5.74) is 3.02. The average Bonchev–Trinajstić information content (AvgIpc) is 3.43. The number of carbonyl (C=O) groups is 1. The number of ether oxygens (including phenoxy) is 1. The molecule has 5 rings (SSSR count). The van der Waals surface area contributed by atoms with E-state index in [1.165, 1.54) is 12.1 Å². The number of likely N-dealkylation sites (tertiary alicyclic amines) is 1. The van der Waals surface area contributed by atoms with E-state index in [0.29, 0.717) is 23.8 Å². The molecule has 0 atom stereocenters. The van der Waals surface area contributed by atoms with Gasteiger partial charge in [0, 0.05) is 35.0 Å². The fourth-order valence-corrected chi connectivity index (χ4v) is 4.28. The molecule has 2 aromatic heterocycles. The number of halogens is 1. The molecule has 166 valence electrons. The first-order valence-corrected chi connectivity index (χ1v) is 10.8. The number of rotatable bonds is 6. The van der Waals surface area contributed by atoms with Crippen molar-refractivity contribution in [3.05, 3.63) is 54.1 Å². The lowest BCUT2D eigenvalue weighted by atomic mass is 9.91. The van der Waals surface area contributed by atoms with Gasteiger partial charge in [-0.25, -0.2) is 9.18 Å². The first-order valence-electron chi connectivity index (χ1n) is 10.8. The standard InChI is InChI=1S/C23H24FN5O3/c24-17-2-4-19-21(13-17)32-28-22(19)15-6-9-29(10-7-15)8-1-11-31-23(30)26-18-3-5-20-16(12-18)14-25-27-20/h2-5,12-15H,1,6-11H2,(H,25,27)(H,26,30). The van der Waals surface area contributed by atoms with Crippen LogP contribution < -0.4 is 5.32 Å². The number of nitrogens with zero attached hydrogens (tertiary/aromatic N) is 3. The number of hydrogen-bond donors (Lipinski definition) is 2. The lowest BCUT2D eigenvalue weighted by Gasteiger charge is -2.31. The molecule has 1 saturated heterocycles. The second-order valence-corrected chi connectivity index (χ2v) is 8.11. The van der Waals surface area contributed by atoms with Gasteiger partial charge in [-0.3, -0.25) is 10.4 Å². The zero-order chi connectivity index (χ0) is 21.9. The summed E-state index contributed by atoms with van der Waals surface area (Å²) in [5.74, 6) is -0.00231. The van der Waals surface area contributed by atoms with E-state index in [4.69, 9.17) is 9.26 Å². The van der Waals surface area contributed by atoms with Crippen molar-refractivity contribution in [2.75, 3.05) is 31.6 Å². The van der Waals surface area contributed by atoms with Crippen LogP contribution in [0.5, 0.6) is 0 Å². The number of H-pyrrole nitrogens is 1. The number of piperidine rings is 1. The second-order valence-electron chi connectivity index (χ2n) is 8.11. The smallest absolute Gasteiger partial charge is 0.411 e. The van der Waals surface area contributed by atoms with Crippen LogP contribution in [0.25, 0.3) is 21.9 Å². The maximum Gasteiger partial charge on any atom is 0.411 e. The first kappa shape index (κ1) is 20.4. The molecule has 1 fully saturated rings. The molecule has 3 heterocycles. The molecular weight excluding hydrogens is 413 g/mol. The number of hydrogen-bond acceptors (Lipinski definition) is 6. The van der Waals surface area contributed by atoms with Crippen LogP contribution >= 0.6 is 0 Å². The van der Waals surface area contributed by atoms with Crippen molar-refractivity contribution in [2.45, 2.75) is 25.2 Å². The highest BCUT2D eigenvalue weighted by Gasteiger charge is 2.25. The number of amides is 1. The van der Waals surface area contributed by atoms with E-state index in [1.807, 2.05) is 12.1 Å². The second kappa shape index (κ2) is 8.96. The molecule has 0 unspecified atom stereocenters. The van der Waals surface area contributed by atoms with E-state index in [9.17, 15) is 9.18 Å². The molecule has 0 aliphatic carbocycles. The summed E-state index contributed by atoms with van der Waals surface area (Å²) in [7, 11) is 0. The highest BCUT2D eigenvalue weighted by Crippen LogP contribution is 2.32. The maximum absolute atomic E-state index is 13.4. The summed E-state index contributed by atoms with van der Waals surface area (Å²) < 4.78 is 24.0. The fourth-order valence-electron chi connectivity index (χ4n) is 4.28. The zero-order valence-corrected chi connectivity index (χ0v) is 17.5. The third-order valence-corrected chi connectivity index (χ3v) is 5.97. The number of fused-ring (bicyclic) bond motifs is 2. The monoisotopic (exact) mass is 437 g/mol. The summed E-state index contributed by atoms with van der Waals surface area (Å²) in [5, 5.41) is 15.6. The van der Waals surface area contributed by atoms with Gasteiger partial charge in [-0.1, -0.05) is 5.16 Å². The number of benzene rings is 2. The first-order chi connectivity index (χ1) is 15.7. The summed E-state index contributed by atoms with van der Waals surface area (Å²) in [4.78, 5) is 14.4. The summed E-state index contributed by atoms with van der Waals surface area (Å²) >= 11 is 0. The summed E-state index contributed by atoms with van der Waals surface area (Å²) in [6, 6.07) is 10.1. The number of anilines is 1. The van der Waals surface area contributed by atoms with Crippen molar-refractivity contribution < 1.29 is 18.4 Å². The average molecular weight is 437 g/mol. The molecule has 2 aromatic carbocycles. The van der Waals surface area contributed by atoms with Gasteiger partial charge in [-0.15, -0.1) is 0 Å². The van der Waals surface area contributed by atoms with Crippen LogP contribution in [0.15, 0.2) is 47.1 Å². The van der Waals surface area contributed by atoms with Crippen molar-refractivity contribution >= 4 is 33.7 Å². The van der Waals surface area contributed by atoms with Crippen molar-refractivity contribution in [1.82, 2.24) is 20.3 Å². The van der Waals surface area contributed by atoms with Crippen LogP contribution in [0.2, 0.25) is 0 Å². The van der Waals surface area contributed by atoms with Gasteiger partial charge in [0.15, 0.2) is 5.58 Å². The van der Waals surface area contributed by atoms with Gasteiger partial charge in [0.1, 0.15) is 5.82 Å². The largest absolute Gasteiger partial charge is 0.449 e. The van der Waals surface area contributed by atoms with Crippen molar-refractivity contribution in [3.8, 4) is 0 Å². The van der Waals surface area contributed by atoms with Gasteiger partial charge in [0.2, 0.25) is 0 Å². The molecule has 4 aromatic rings. The molecule has 2 N–H and O–H groups in total. The van der Waals surface area contributed by atoms with E-state index in [2.05, 4.69) is 25.6 Å². The normalized spacial score (nSPS) is 15.4. The number of nitrogens with one attached hydrogen (secondary N) is 2. The molecule has 0 spiro atoms. The molecule has 32 heavy (non-hydrogen) atoms. The van der Waals surface area contributed by atoms with Crippen molar-refractivity contribution in [3.63, 3.8) is 0 Å². The molecule has 9 heteroatoms. The van der Waals surface area contributed by atoms with E-state index in [0.717, 1.165) is 60.9 Å². The molecule has 0 saturated carbocycles. The number of carbonyl (C=O) groups excluding carboxylic acids is 1. The van der Waals surface area contributed by atoms with Gasteiger partial charge in [0.05, 0.1) is 24.0 Å². The number of aromatic amines is 1. The molecule has 1 aliphatic rings. The quantitative estimate of drug-likeness (QED) is 0.426. The van der Waals surface area contributed by atoms with Gasteiger partial charge < -0.3 is 14.2 Å². The van der Waals surface area contributed by atoms with E-state index in [-0.39, 0.29) is 5.82 Å².